The van der Waals surface area contributed by atoms with Crippen LogP contribution in [0.3, 0.4) is 0 Å². The van der Waals surface area contributed by atoms with Crippen molar-refractivity contribution in [3.63, 3.8) is 0 Å². The van der Waals surface area contributed by atoms with Crippen molar-refractivity contribution >= 4 is 25.6 Å². The smallest absolute Gasteiger partial charge is 0.261 e. The highest BCUT2D eigenvalue weighted by molar-refractivity contribution is 8.13. The van der Waals surface area contributed by atoms with Crippen LogP contribution >= 0.6 is 10.7 Å². The number of hydrogen-bond donors (Lipinski definition) is 1. The van der Waals surface area contributed by atoms with Crippen molar-refractivity contribution in [3.05, 3.63) is 29.6 Å². The molecule has 1 aliphatic rings. The van der Waals surface area contributed by atoms with Crippen LogP contribution < -0.4 is 5.32 Å². The predicted octanol–water partition coefficient (Wildman–Crippen LogP) is 2.28. The maximum atomic E-state index is 13.3. The first-order chi connectivity index (χ1) is 8.75. The highest BCUT2D eigenvalue weighted by atomic mass is 35.7. The summed E-state index contributed by atoms with van der Waals surface area (Å²) >= 11 is 0. The van der Waals surface area contributed by atoms with Crippen molar-refractivity contribution in [1.29, 1.82) is 0 Å². The fourth-order valence-corrected chi connectivity index (χ4v) is 2.91. The Hall–Kier alpha value is -1.14. The van der Waals surface area contributed by atoms with Gasteiger partial charge in [-0.15, -0.1) is 0 Å². The molecular weight excluding hydrogens is 293 g/mol. The number of nitrogens with one attached hydrogen (secondary N) is 1. The Morgan fingerprint density at radius 3 is 2.53 bits per heavy atom. The molecule has 0 aliphatic heterocycles. The second-order valence-electron chi connectivity index (χ2n) is 4.86. The van der Waals surface area contributed by atoms with Crippen LogP contribution in [0.1, 0.15) is 30.1 Å². The second-order valence-corrected chi connectivity index (χ2v) is 7.43. The average molecular weight is 306 g/mol. The monoisotopic (exact) mass is 305 g/mol. The summed E-state index contributed by atoms with van der Waals surface area (Å²) in [6.07, 6.45) is 1.75. The minimum atomic E-state index is -4.06. The van der Waals surface area contributed by atoms with Crippen molar-refractivity contribution in [2.45, 2.75) is 30.7 Å². The molecule has 0 bridgehead atoms. The van der Waals surface area contributed by atoms with Gasteiger partial charge in [-0.25, -0.2) is 12.8 Å². The molecule has 2 rings (SSSR count). The van der Waals surface area contributed by atoms with Gasteiger partial charge in [-0.05, 0) is 37.0 Å². The molecule has 19 heavy (non-hydrogen) atoms. The van der Waals surface area contributed by atoms with E-state index in [-0.39, 0.29) is 11.6 Å². The number of hydrogen-bond acceptors (Lipinski definition) is 3. The van der Waals surface area contributed by atoms with Crippen LogP contribution in [0, 0.1) is 11.7 Å². The van der Waals surface area contributed by atoms with E-state index in [1.54, 1.807) is 0 Å². The van der Waals surface area contributed by atoms with Gasteiger partial charge >= 0.3 is 0 Å². The zero-order valence-electron chi connectivity index (χ0n) is 10.2. The molecule has 1 aromatic carbocycles. The molecule has 1 saturated carbocycles. The van der Waals surface area contributed by atoms with Gasteiger partial charge in [0.1, 0.15) is 5.82 Å². The lowest BCUT2D eigenvalue weighted by atomic mass is 9.82. The van der Waals surface area contributed by atoms with E-state index in [4.69, 9.17) is 10.7 Å². The summed E-state index contributed by atoms with van der Waals surface area (Å²) in [5, 5.41) is 2.73. The fourth-order valence-electron chi connectivity index (χ4n) is 2.12. The molecule has 1 fully saturated rings. The van der Waals surface area contributed by atoms with Crippen LogP contribution in [-0.4, -0.2) is 20.4 Å². The molecule has 0 spiro atoms. The fraction of sp³-hybridized carbons (Fsp3) is 0.417. The number of carbonyl (C=O) groups excluding carboxylic acids is 1. The standard InChI is InChI=1S/C12H13ClFNO3S/c1-7-2-10(3-7)15-12(16)8-4-9(14)6-11(5-8)19(13,17)18/h4-7,10H,2-3H2,1H3,(H,15,16). The summed E-state index contributed by atoms with van der Waals surface area (Å²) in [6.45, 7) is 2.07. The second kappa shape index (κ2) is 5.09. The lowest BCUT2D eigenvalue weighted by Crippen LogP contribution is -2.43. The van der Waals surface area contributed by atoms with E-state index < -0.39 is 25.7 Å². The minimum Gasteiger partial charge on any atom is -0.349 e. The van der Waals surface area contributed by atoms with E-state index >= 15 is 0 Å². The third-order valence-corrected chi connectivity index (χ3v) is 4.46. The van der Waals surface area contributed by atoms with Gasteiger partial charge in [-0.1, -0.05) is 6.92 Å². The molecule has 1 amide bonds. The number of benzene rings is 1. The van der Waals surface area contributed by atoms with E-state index in [2.05, 4.69) is 12.2 Å². The van der Waals surface area contributed by atoms with Gasteiger partial charge in [-0.3, -0.25) is 4.79 Å². The Balaban J connectivity index is 2.20. The van der Waals surface area contributed by atoms with Crippen LogP contribution in [0.2, 0.25) is 0 Å². The maximum Gasteiger partial charge on any atom is 0.261 e. The first kappa shape index (κ1) is 14.3. The number of carbonyl (C=O) groups is 1. The molecule has 1 aliphatic carbocycles. The van der Waals surface area contributed by atoms with Crippen molar-refractivity contribution in [3.8, 4) is 0 Å². The molecule has 7 heteroatoms. The lowest BCUT2D eigenvalue weighted by Gasteiger charge is -2.33. The summed E-state index contributed by atoms with van der Waals surface area (Å²) < 4.78 is 35.6. The SMILES string of the molecule is CC1CC(NC(=O)c2cc(F)cc(S(=O)(=O)Cl)c2)C1. The summed E-state index contributed by atoms with van der Waals surface area (Å²) in [5.41, 5.74) is -0.0428. The topological polar surface area (TPSA) is 63.2 Å². The number of amides is 1. The summed E-state index contributed by atoms with van der Waals surface area (Å²) in [4.78, 5) is 11.5. The molecule has 1 aromatic rings. The highest BCUT2D eigenvalue weighted by Crippen LogP contribution is 2.26. The van der Waals surface area contributed by atoms with Gasteiger partial charge in [-0.2, -0.15) is 0 Å². The third-order valence-electron chi connectivity index (χ3n) is 3.12. The Kier molecular flexibility index (Phi) is 3.82. The zero-order valence-corrected chi connectivity index (χ0v) is 11.8. The van der Waals surface area contributed by atoms with Crippen molar-refractivity contribution < 1.29 is 17.6 Å². The van der Waals surface area contributed by atoms with Gasteiger partial charge in [0.25, 0.3) is 15.0 Å². The predicted molar refractivity (Wildman–Crippen MR) is 69.1 cm³/mol. The van der Waals surface area contributed by atoms with Crippen LogP contribution in [0.15, 0.2) is 23.1 Å². The van der Waals surface area contributed by atoms with Crippen LogP contribution in [0.4, 0.5) is 4.39 Å². The van der Waals surface area contributed by atoms with E-state index in [1.165, 1.54) is 0 Å². The Morgan fingerprint density at radius 2 is 2.00 bits per heavy atom. The van der Waals surface area contributed by atoms with Gasteiger partial charge in [0.15, 0.2) is 0 Å². The number of halogens is 2. The zero-order chi connectivity index (χ0) is 14.2. The first-order valence-corrected chi connectivity index (χ1v) is 8.13. The molecule has 0 atom stereocenters. The molecule has 0 aromatic heterocycles. The maximum absolute atomic E-state index is 13.3. The molecule has 1 N–H and O–H groups in total. The Bertz CT molecular complexity index is 611. The number of rotatable bonds is 3. The van der Waals surface area contributed by atoms with Gasteiger partial charge in [0, 0.05) is 22.3 Å². The van der Waals surface area contributed by atoms with Crippen molar-refractivity contribution in [1.82, 2.24) is 5.32 Å². The minimum absolute atomic E-state index is 0.0428. The Labute approximate surface area is 115 Å². The quantitative estimate of drug-likeness (QED) is 0.871. The Morgan fingerprint density at radius 1 is 1.37 bits per heavy atom. The molecule has 0 heterocycles. The summed E-state index contributed by atoms with van der Waals surface area (Å²) in [6, 6.07) is 2.91. The largest absolute Gasteiger partial charge is 0.349 e. The van der Waals surface area contributed by atoms with Gasteiger partial charge < -0.3 is 5.32 Å². The third kappa shape index (κ3) is 3.45. The van der Waals surface area contributed by atoms with Crippen LogP contribution in [0.25, 0.3) is 0 Å². The van der Waals surface area contributed by atoms with Gasteiger partial charge in [0.05, 0.1) is 4.90 Å². The lowest BCUT2D eigenvalue weighted by molar-refractivity contribution is 0.0895. The van der Waals surface area contributed by atoms with E-state index in [0.29, 0.717) is 5.92 Å². The average Bonchev–Trinajstić information content (AvgIpc) is 2.24. The summed E-state index contributed by atoms with van der Waals surface area (Å²) in [5.74, 6) is -0.733. The van der Waals surface area contributed by atoms with E-state index in [0.717, 1.165) is 31.0 Å². The molecule has 0 radical (unpaired) electrons. The normalized spacial score (nSPS) is 22.7. The van der Waals surface area contributed by atoms with E-state index in [1.807, 2.05) is 0 Å². The molecule has 4 nitrogen and oxygen atoms in total. The molecule has 0 saturated heterocycles. The summed E-state index contributed by atoms with van der Waals surface area (Å²) in [7, 11) is 1.09. The van der Waals surface area contributed by atoms with Gasteiger partial charge in [0.2, 0.25) is 0 Å². The van der Waals surface area contributed by atoms with Crippen molar-refractivity contribution in [2.24, 2.45) is 5.92 Å². The van der Waals surface area contributed by atoms with Crippen LogP contribution in [0.5, 0.6) is 0 Å². The molecular formula is C12H13ClFNO3S. The van der Waals surface area contributed by atoms with E-state index in [9.17, 15) is 17.6 Å². The van der Waals surface area contributed by atoms with Crippen LogP contribution in [-0.2, 0) is 9.05 Å². The first-order valence-electron chi connectivity index (χ1n) is 5.82. The molecule has 0 unspecified atom stereocenters. The molecule has 104 valence electrons. The highest BCUT2D eigenvalue weighted by Gasteiger charge is 2.27. The van der Waals surface area contributed by atoms with Crippen molar-refractivity contribution in [2.75, 3.05) is 0 Å².